The number of nitrogens with zero attached hydrogens (tertiary/aromatic N) is 1. The SMILES string of the molecule is OC1C=Nc2ccccc2SC1c1ccccc1. The Morgan fingerprint density at radius 3 is 2.50 bits per heavy atom. The second kappa shape index (κ2) is 4.96. The fourth-order valence-corrected chi connectivity index (χ4v) is 3.19. The number of rotatable bonds is 1. The Hall–Kier alpha value is -1.58. The fraction of sp³-hybridized carbons (Fsp3) is 0.133. The Bertz CT molecular complexity index is 568. The van der Waals surface area contributed by atoms with Gasteiger partial charge in [0.25, 0.3) is 0 Å². The van der Waals surface area contributed by atoms with Crippen molar-refractivity contribution in [2.24, 2.45) is 4.99 Å². The molecule has 0 aromatic heterocycles. The van der Waals surface area contributed by atoms with Crippen molar-refractivity contribution in [2.45, 2.75) is 16.2 Å². The number of aliphatic imine (C=N–C) groups is 1. The lowest BCUT2D eigenvalue weighted by atomic mass is 10.1. The number of benzene rings is 2. The molecule has 0 spiro atoms. The molecule has 2 aromatic rings. The number of thioether (sulfide) groups is 1. The average molecular weight is 255 g/mol. The normalized spacial score (nSPS) is 22.3. The lowest BCUT2D eigenvalue weighted by molar-refractivity contribution is 0.244. The maximum Gasteiger partial charge on any atom is 0.105 e. The lowest BCUT2D eigenvalue weighted by Crippen LogP contribution is -2.16. The van der Waals surface area contributed by atoms with Crippen molar-refractivity contribution in [3.8, 4) is 0 Å². The third-order valence-electron chi connectivity index (χ3n) is 2.92. The summed E-state index contributed by atoms with van der Waals surface area (Å²) in [6, 6.07) is 18.1. The number of aliphatic hydroxyl groups excluding tert-OH is 1. The molecule has 0 saturated carbocycles. The van der Waals surface area contributed by atoms with Crippen molar-refractivity contribution in [1.29, 1.82) is 0 Å². The van der Waals surface area contributed by atoms with E-state index >= 15 is 0 Å². The molecule has 1 aliphatic heterocycles. The van der Waals surface area contributed by atoms with Crippen LogP contribution in [0.25, 0.3) is 0 Å². The minimum absolute atomic E-state index is 0.00130. The van der Waals surface area contributed by atoms with Crippen LogP contribution in [0, 0.1) is 0 Å². The Morgan fingerprint density at radius 1 is 0.944 bits per heavy atom. The number of aliphatic hydroxyl groups is 1. The van der Waals surface area contributed by atoms with Crippen LogP contribution in [0.15, 0.2) is 64.5 Å². The van der Waals surface area contributed by atoms with Gasteiger partial charge in [0.15, 0.2) is 0 Å². The van der Waals surface area contributed by atoms with Crippen LogP contribution in [-0.4, -0.2) is 17.4 Å². The Balaban J connectivity index is 2.01. The van der Waals surface area contributed by atoms with E-state index in [2.05, 4.69) is 4.99 Å². The molecule has 2 aromatic carbocycles. The van der Waals surface area contributed by atoms with Gasteiger partial charge in [-0.15, -0.1) is 11.8 Å². The van der Waals surface area contributed by atoms with Gasteiger partial charge in [0.05, 0.1) is 10.9 Å². The molecule has 1 heterocycles. The summed E-state index contributed by atoms with van der Waals surface area (Å²) in [4.78, 5) is 5.46. The van der Waals surface area contributed by atoms with Gasteiger partial charge in [-0.1, -0.05) is 42.5 Å². The highest BCUT2D eigenvalue weighted by Gasteiger charge is 2.24. The van der Waals surface area contributed by atoms with Gasteiger partial charge >= 0.3 is 0 Å². The van der Waals surface area contributed by atoms with Crippen LogP contribution in [0.1, 0.15) is 10.8 Å². The quantitative estimate of drug-likeness (QED) is 0.844. The summed E-state index contributed by atoms with van der Waals surface area (Å²) < 4.78 is 0. The molecule has 0 amide bonds. The van der Waals surface area contributed by atoms with Gasteiger partial charge in [-0.25, -0.2) is 0 Å². The molecule has 2 atom stereocenters. The van der Waals surface area contributed by atoms with Crippen LogP contribution in [0.5, 0.6) is 0 Å². The molecular formula is C15H13NOS. The van der Waals surface area contributed by atoms with Crippen molar-refractivity contribution in [1.82, 2.24) is 0 Å². The summed E-state index contributed by atoms with van der Waals surface area (Å²) in [5, 5.41) is 10.2. The summed E-state index contributed by atoms with van der Waals surface area (Å²) in [5.41, 5.74) is 2.05. The van der Waals surface area contributed by atoms with Gasteiger partial charge in [-0.05, 0) is 17.7 Å². The monoisotopic (exact) mass is 255 g/mol. The third-order valence-corrected chi connectivity index (χ3v) is 4.33. The standard InChI is InChI=1S/C15H13NOS/c17-13-10-16-12-8-4-5-9-14(12)18-15(13)11-6-2-1-3-7-11/h1-10,13,15,17H. The van der Waals surface area contributed by atoms with Gasteiger partial charge in [-0.2, -0.15) is 0 Å². The molecule has 3 heteroatoms. The van der Waals surface area contributed by atoms with Crippen molar-refractivity contribution >= 4 is 23.7 Å². The predicted octanol–water partition coefficient (Wildman–Crippen LogP) is 3.60. The molecule has 0 aliphatic carbocycles. The van der Waals surface area contributed by atoms with Gasteiger partial charge < -0.3 is 5.11 Å². The first-order valence-corrected chi connectivity index (χ1v) is 6.75. The topological polar surface area (TPSA) is 32.6 Å². The van der Waals surface area contributed by atoms with Crippen LogP contribution in [-0.2, 0) is 0 Å². The molecular weight excluding hydrogens is 242 g/mol. The first kappa shape index (κ1) is 11.5. The molecule has 2 nitrogen and oxygen atoms in total. The van der Waals surface area contributed by atoms with Gasteiger partial charge in [0.1, 0.15) is 6.10 Å². The van der Waals surface area contributed by atoms with Crippen LogP contribution in [0.4, 0.5) is 5.69 Å². The van der Waals surface area contributed by atoms with Crippen molar-refractivity contribution in [2.75, 3.05) is 0 Å². The van der Waals surface area contributed by atoms with E-state index in [-0.39, 0.29) is 5.25 Å². The second-order valence-corrected chi connectivity index (χ2v) is 5.37. The first-order valence-electron chi connectivity index (χ1n) is 5.87. The molecule has 0 radical (unpaired) electrons. The van der Waals surface area contributed by atoms with Crippen LogP contribution < -0.4 is 0 Å². The number of hydrogen-bond donors (Lipinski definition) is 1. The third kappa shape index (κ3) is 2.19. The minimum Gasteiger partial charge on any atom is -0.386 e. The zero-order chi connectivity index (χ0) is 12.4. The molecule has 1 aliphatic rings. The van der Waals surface area contributed by atoms with Crippen molar-refractivity contribution in [3.63, 3.8) is 0 Å². The van der Waals surface area contributed by atoms with E-state index in [0.717, 1.165) is 16.1 Å². The van der Waals surface area contributed by atoms with Crippen LogP contribution in [0.3, 0.4) is 0 Å². The van der Waals surface area contributed by atoms with E-state index in [0.29, 0.717) is 0 Å². The highest BCUT2D eigenvalue weighted by Crippen LogP contribution is 2.43. The summed E-state index contributed by atoms with van der Waals surface area (Å²) >= 11 is 1.66. The van der Waals surface area contributed by atoms with Gasteiger partial charge in [0, 0.05) is 11.1 Å². The highest BCUT2D eigenvalue weighted by molar-refractivity contribution is 7.99. The molecule has 0 fully saturated rings. The molecule has 90 valence electrons. The zero-order valence-corrected chi connectivity index (χ0v) is 10.5. The van der Waals surface area contributed by atoms with Gasteiger partial charge in [-0.3, -0.25) is 4.99 Å². The highest BCUT2D eigenvalue weighted by atomic mass is 32.2. The molecule has 18 heavy (non-hydrogen) atoms. The summed E-state index contributed by atoms with van der Waals surface area (Å²) in [7, 11) is 0. The van der Waals surface area contributed by atoms with Crippen LogP contribution >= 0.6 is 11.8 Å². The largest absolute Gasteiger partial charge is 0.386 e. The fourth-order valence-electron chi connectivity index (χ4n) is 2.01. The molecule has 1 N–H and O–H groups in total. The maximum absolute atomic E-state index is 10.2. The molecule has 0 bridgehead atoms. The Morgan fingerprint density at radius 2 is 1.67 bits per heavy atom. The Labute approximate surface area is 110 Å². The van der Waals surface area contributed by atoms with E-state index < -0.39 is 6.10 Å². The first-order chi connectivity index (χ1) is 8.84. The van der Waals surface area contributed by atoms with E-state index in [1.165, 1.54) is 0 Å². The summed E-state index contributed by atoms with van der Waals surface area (Å²) in [6.45, 7) is 0. The zero-order valence-electron chi connectivity index (χ0n) is 9.73. The maximum atomic E-state index is 10.2. The van der Waals surface area contributed by atoms with Crippen molar-refractivity contribution in [3.05, 3.63) is 60.2 Å². The lowest BCUT2D eigenvalue weighted by Gasteiger charge is -2.18. The minimum atomic E-state index is -0.565. The predicted molar refractivity (Wildman–Crippen MR) is 75.6 cm³/mol. The number of fused-ring (bicyclic) bond motifs is 1. The molecule has 2 unspecified atom stereocenters. The average Bonchev–Trinajstić information content (AvgIpc) is 2.60. The van der Waals surface area contributed by atoms with Crippen LogP contribution in [0.2, 0.25) is 0 Å². The number of para-hydroxylation sites is 1. The summed E-state index contributed by atoms with van der Waals surface area (Å²) in [6.07, 6.45) is 1.07. The van der Waals surface area contributed by atoms with E-state index in [1.54, 1.807) is 18.0 Å². The smallest absolute Gasteiger partial charge is 0.105 e. The summed E-state index contributed by atoms with van der Waals surface area (Å²) in [5.74, 6) is 0. The van der Waals surface area contributed by atoms with E-state index in [4.69, 9.17) is 0 Å². The van der Waals surface area contributed by atoms with E-state index in [1.807, 2.05) is 54.6 Å². The Kier molecular flexibility index (Phi) is 3.17. The van der Waals surface area contributed by atoms with Gasteiger partial charge in [0.2, 0.25) is 0 Å². The molecule has 3 rings (SSSR count). The molecule has 0 saturated heterocycles. The van der Waals surface area contributed by atoms with Crippen molar-refractivity contribution < 1.29 is 5.11 Å². The number of hydrogen-bond acceptors (Lipinski definition) is 3. The second-order valence-electron chi connectivity index (χ2n) is 4.19. The van der Waals surface area contributed by atoms with E-state index in [9.17, 15) is 5.11 Å².